The van der Waals surface area contributed by atoms with Crippen LogP contribution in [-0.4, -0.2) is 49.1 Å². The lowest BCUT2D eigenvalue weighted by atomic mass is 10.00. The fraction of sp³-hybridized carbons (Fsp3) is 0.600. The third-order valence-corrected chi connectivity index (χ3v) is 4.82. The number of benzene rings is 1. The second kappa shape index (κ2) is 7.10. The molecule has 1 aromatic carbocycles. The molecule has 0 radical (unpaired) electrons. The number of halogens is 2. The molecule has 2 atom stereocenters. The lowest BCUT2D eigenvalue weighted by Gasteiger charge is -2.44. The molecule has 1 saturated heterocycles. The van der Waals surface area contributed by atoms with Crippen LogP contribution in [0.15, 0.2) is 18.2 Å². The van der Waals surface area contributed by atoms with E-state index < -0.39 is 0 Å². The molecule has 1 aromatic rings. The van der Waals surface area contributed by atoms with Crippen molar-refractivity contribution in [2.24, 2.45) is 5.73 Å². The van der Waals surface area contributed by atoms with Gasteiger partial charge in [0, 0.05) is 47.8 Å². The van der Waals surface area contributed by atoms with Crippen molar-refractivity contribution in [2.75, 3.05) is 33.2 Å². The predicted octanol–water partition coefficient (Wildman–Crippen LogP) is 3.02. The van der Waals surface area contributed by atoms with E-state index >= 15 is 0 Å². The van der Waals surface area contributed by atoms with Gasteiger partial charge in [-0.15, -0.1) is 0 Å². The van der Waals surface area contributed by atoms with E-state index in [-0.39, 0.29) is 6.04 Å². The highest BCUT2D eigenvalue weighted by atomic mass is 35.5. The molecule has 0 aliphatic carbocycles. The fourth-order valence-corrected chi connectivity index (χ4v) is 3.70. The van der Waals surface area contributed by atoms with Gasteiger partial charge in [0.15, 0.2) is 0 Å². The molecule has 2 N–H and O–H groups in total. The van der Waals surface area contributed by atoms with E-state index in [0.29, 0.717) is 22.6 Å². The SMILES string of the molecule is CCC1CN(C)CCN1C(CN)c1c(Cl)cccc1Cl. The lowest BCUT2D eigenvalue weighted by Crippen LogP contribution is -2.54. The molecular weight excluding hydrogens is 293 g/mol. The quantitative estimate of drug-likeness (QED) is 0.927. The lowest BCUT2D eigenvalue weighted by molar-refractivity contribution is 0.0522. The van der Waals surface area contributed by atoms with Crippen LogP contribution in [0.2, 0.25) is 10.0 Å². The minimum Gasteiger partial charge on any atom is -0.329 e. The van der Waals surface area contributed by atoms with Gasteiger partial charge in [0.25, 0.3) is 0 Å². The zero-order valence-corrected chi connectivity index (χ0v) is 13.7. The zero-order chi connectivity index (χ0) is 14.7. The molecule has 2 rings (SSSR count). The normalized spacial score (nSPS) is 22.9. The van der Waals surface area contributed by atoms with E-state index in [2.05, 4.69) is 23.8 Å². The van der Waals surface area contributed by atoms with Crippen molar-refractivity contribution >= 4 is 23.2 Å². The Balaban J connectivity index is 2.31. The number of rotatable bonds is 4. The Morgan fingerprint density at radius 2 is 1.95 bits per heavy atom. The molecule has 3 nitrogen and oxygen atoms in total. The van der Waals surface area contributed by atoms with Crippen LogP contribution in [0.25, 0.3) is 0 Å². The maximum absolute atomic E-state index is 6.36. The smallest absolute Gasteiger partial charge is 0.0504 e. The zero-order valence-electron chi connectivity index (χ0n) is 12.1. The highest BCUT2D eigenvalue weighted by Crippen LogP contribution is 2.35. The van der Waals surface area contributed by atoms with Crippen LogP contribution in [0.1, 0.15) is 24.9 Å². The molecule has 1 aliphatic rings. The number of likely N-dealkylation sites (N-methyl/N-ethyl adjacent to an activating group) is 1. The summed E-state index contributed by atoms with van der Waals surface area (Å²) in [7, 11) is 2.17. The van der Waals surface area contributed by atoms with E-state index in [1.807, 2.05) is 18.2 Å². The maximum Gasteiger partial charge on any atom is 0.0504 e. The van der Waals surface area contributed by atoms with E-state index in [0.717, 1.165) is 31.6 Å². The topological polar surface area (TPSA) is 32.5 Å². The summed E-state index contributed by atoms with van der Waals surface area (Å²) >= 11 is 12.7. The van der Waals surface area contributed by atoms with Gasteiger partial charge in [0.2, 0.25) is 0 Å². The Kier molecular flexibility index (Phi) is 5.70. The second-order valence-corrected chi connectivity index (χ2v) is 6.26. The van der Waals surface area contributed by atoms with Crippen LogP contribution in [-0.2, 0) is 0 Å². The first kappa shape index (κ1) is 16.1. The van der Waals surface area contributed by atoms with Crippen LogP contribution >= 0.6 is 23.2 Å². The summed E-state index contributed by atoms with van der Waals surface area (Å²) < 4.78 is 0. The van der Waals surface area contributed by atoms with Gasteiger partial charge in [-0.05, 0) is 25.6 Å². The molecule has 1 heterocycles. The molecule has 0 bridgehead atoms. The van der Waals surface area contributed by atoms with Crippen LogP contribution in [0, 0.1) is 0 Å². The highest BCUT2D eigenvalue weighted by molar-refractivity contribution is 6.36. The van der Waals surface area contributed by atoms with E-state index in [1.165, 1.54) is 0 Å². The molecule has 2 unspecified atom stereocenters. The molecular formula is C15H23Cl2N3. The van der Waals surface area contributed by atoms with Gasteiger partial charge < -0.3 is 10.6 Å². The Morgan fingerprint density at radius 3 is 2.50 bits per heavy atom. The third kappa shape index (κ3) is 3.29. The standard InChI is InChI=1S/C15H23Cl2N3/c1-3-11-10-19(2)7-8-20(11)14(9-18)15-12(16)5-4-6-13(15)17/h4-6,11,14H,3,7-10,18H2,1-2H3. The number of nitrogens with two attached hydrogens (primary N) is 1. The monoisotopic (exact) mass is 315 g/mol. The number of piperazine rings is 1. The van der Waals surface area contributed by atoms with Gasteiger partial charge in [-0.2, -0.15) is 0 Å². The second-order valence-electron chi connectivity index (χ2n) is 5.45. The minimum atomic E-state index is 0.0925. The Labute approximate surface area is 131 Å². The van der Waals surface area contributed by atoms with Crippen LogP contribution in [0.4, 0.5) is 0 Å². The van der Waals surface area contributed by atoms with Gasteiger partial charge >= 0.3 is 0 Å². The summed E-state index contributed by atoms with van der Waals surface area (Å²) in [5.74, 6) is 0. The van der Waals surface area contributed by atoms with Crippen molar-refractivity contribution in [3.63, 3.8) is 0 Å². The molecule has 1 fully saturated rings. The third-order valence-electron chi connectivity index (χ3n) is 4.16. The molecule has 0 aromatic heterocycles. The van der Waals surface area contributed by atoms with Crippen molar-refractivity contribution in [1.82, 2.24) is 9.80 Å². The predicted molar refractivity (Wildman–Crippen MR) is 86.5 cm³/mol. The van der Waals surface area contributed by atoms with Crippen molar-refractivity contribution in [2.45, 2.75) is 25.4 Å². The van der Waals surface area contributed by atoms with Crippen molar-refractivity contribution in [3.8, 4) is 0 Å². The van der Waals surface area contributed by atoms with E-state index in [9.17, 15) is 0 Å². The Bertz CT molecular complexity index is 432. The van der Waals surface area contributed by atoms with Crippen LogP contribution < -0.4 is 5.73 Å². The summed E-state index contributed by atoms with van der Waals surface area (Å²) in [4.78, 5) is 4.83. The largest absolute Gasteiger partial charge is 0.329 e. The van der Waals surface area contributed by atoms with Crippen LogP contribution in [0.3, 0.4) is 0 Å². The molecule has 0 saturated carbocycles. The minimum absolute atomic E-state index is 0.0925. The first-order chi connectivity index (χ1) is 9.58. The van der Waals surface area contributed by atoms with E-state index in [4.69, 9.17) is 28.9 Å². The Hall–Kier alpha value is -0.320. The highest BCUT2D eigenvalue weighted by Gasteiger charge is 2.31. The number of hydrogen-bond donors (Lipinski definition) is 1. The van der Waals surface area contributed by atoms with Gasteiger partial charge in [-0.1, -0.05) is 36.2 Å². The summed E-state index contributed by atoms with van der Waals surface area (Å²) in [6, 6.07) is 6.25. The number of nitrogens with zero attached hydrogens (tertiary/aromatic N) is 2. The summed E-state index contributed by atoms with van der Waals surface area (Å²) in [6.07, 6.45) is 1.10. The fourth-order valence-electron chi connectivity index (χ4n) is 3.05. The molecule has 0 spiro atoms. The van der Waals surface area contributed by atoms with Crippen molar-refractivity contribution in [3.05, 3.63) is 33.8 Å². The van der Waals surface area contributed by atoms with Gasteiger partial charge in [0.1, 0.15) is 0 Å². The molecule has 5 heteroatoms. The van der Waals surface area contributed by atoms with Gasteiger partial charge in [-0.3, -0.25) is 4.90 Å². The molecule has 0 amide bonds. The van der Waals surface area contributed by atoms with Crippen molar-refractivity contribution < 1.29 is 0 Å². The number of hydrogen-bond acceptors (Lipinski definition) is 3. The summed E-state index contributed by atoms with van der Waals surface area (Å²) in [5, 5.41) is 1.42. The average Bonchev–Trinajstić information content (AvgIpc) is 2.43. The van der Waals surface area contributed by atoms with Gasteiger partial charge in [-0.25, -0.2) is 0 Å². The van der Waals surface area contributed by atoms with E-state index in [1.54, 1.807) is 0 Å². The molecule has 1 aliphatic heterocycles. The molecule has 112 valence electrons. The first-order valence-corrected chi connectivity index (χ1v) is 7.92. The average molecular weight is 316 g/mol. The Morgan fingerprint density at radius 1 is 1.30 bits per heavy atom. The maximum atomic E-state index is 6.36. The van der Waals surface area contributed by atoms with Crippen LogP contribution in [0.5, 0.6) is 0 Å². The van der Waals surface area contributed by atoms with Gasteiger partial charge in [0.05, 0.1) is 6.04 Å². The summed E-state index contributed by atoms with van der Waals surface area (Å²) in [6.45, 7) is 5.87. The summed E-state index contributed by atoms with van der Waals surface area (Å²) in [5.41, 5.74) is 7.03. The molecule has 20 heavy (non-hydrogen) atoms. The first-order valence-electron chi connectivity index (χ1n) is 7.16. The van der Waals surface area contributed by atoms with Crippen molar-refractivity contribution in [1.29, 1.82) is 0 Å².